The molecule has 106 valence electrons. The Balaban J connectivity index is 2.11. The van der Waals surface area contributed by atoms with E-state index in [0.29, 0.717) is 23.6 Å². The lowest BCUT2D eigenvalue weighted by atomic mass is 10.2. The molecule has 0 aromatic carbocycles. The van der Waals surface area contributed by atoms with Crippen molar-refractivity contribution < 1.29 is 9.53 Å². The number of rotatable bonds is 5. The zero-order chi connectivity index (χ0) is 14.5. The third-order valence-electron chi connectivity index (χ3n) is 2.89. The van der Waals surface area contributed by atoms with Crippen LogP contribution in [0.5, 0.6) is 0 Å². The molecule has 0 amide bonds. The van der Waals surface area contributed by atoms with Crippen molar-refractivity contribution in [2.45, 2.75) is 19.9 Å². The van der Waals surface area contributed by atoms with Gasteiger partial charge < -0.3 is 15.8 Å². The van der Waals surface area contributed by atoms with Crippen LogP contribution in [0.4, 0.5) is 11.5 Å². The highest BCUT2D eigenvalue weighted by molar-refractivity contribution is 7.12. The summed E-state index contributed by atoms with van der Waals surface area (Å²) in [7, 11) is 1.33. The van der Waals surface area contributed by atoms with Crippen molar-refractivity contribution >= 4 is 28.8 Å². The minimum atomic E-state index is -0.461. The number of ether oxygens (including phenoxy) is 1. The number of aromatic nitrogens is 1. The lowest BCUT2D eigenvalue weighted by molar-refractivity contribution is 0.0602. The molecule has 0 radical (unpaired) electrons. The van der Waals surface area contributed by atoms with Crippen molar-refractivity contribution in [3.63, 3.8) is 0 Å². The molecule has 5 nitrogen and oxygen atoms in total. The monoisotopic (exact) mass is 291 g/mol. The van der Waals surface area contributed by atoms with E-state index in [9.17, 15) is 4.79 Å². The van der Waals surface area contributed by atoms with Gasteiger partial charge in [0, 0.05) is 16.0 Å². The highest BCUT2D eigenvalue weighted by atomic mass is 32.1. The number of anilines is 2. The summed E-state index contributed by atoms with van der Waals surface area (Å²) in [6, 6.07) is 5.74. The second-order valence-electron chi connectivity index (χ2n) is 4.19. The molecular formula is C14H17N3O2S. The number of thiophene rings is 1. The predicted octanol–water partition coefficient (Wildman–Crippen LogP) is 2.69. The number of hydrogen-bond acceptors (Lipinski definition) is 6. The van der Waals surface area contributed by atoms with Crippen molar-refractivity contribution in [1.82, 2.24) is 4.98 Å². The van der Waals surface area contributed by atoms with Crippen molar-refractivity contribution in [3.8, 4) is 0 Å². The standard InChI is InChI=1S/C14H17N3O2S/c1-3-9-4-5-10(20-9)8-17-13-12(15)11(6-7-16-13)14(18)19-2/h4-7H,3,8,15H2,1-2H3,(H,16,17). The molecule has 0 atom stereocenters. The van der Waals surface area contributed by atoms with Crippen LogP contribution in [0, 0.1) is 0 Å². The second-order valence-corrected chi connectivity index (χ2v) is 5.44. The Morgan fingerprint density at radius 2 is 2.15 bits per heavy atom. The molecule has 0 saturated carbocycles. The van der Waals surface area contributed by atoms with Gasteiger partial charge >= 0.3 is 5.97 Å². The van der Waals surface area contributed by atoms with Crippen LogP contribution < -0.4 is 11.1 Å². The summed E-state index contributed by atoms with van der Waals surface area (Å²) in [5, 5.41) is 3.15. The van der Waals surface area contributed by atoms with E-state index in [-0.39, 0.29) is 0 Å². The third-order valence-corrected chi connectivity index (χ3v) is 4.12. The molecule has 0 fully saturated rings. The summed E-state index contributed by atoms with van der Waals surface area (Å²) in [5.74, 6) is 0.0386. The fourth-order valence-corrected chi connectivity index (χ4v) is 2.68. The summed E-state index contributed by atoms with van der Waals surface area (Å²) < 4.78 is 4.68. The van der Waals surface area contributed by atoms with Crippen LogP contribution in [0.3, 0.4) is 0 Å². The zero-order valence-corrected chi connectivity index (χ0v) is 12.3. The Morgan fingerprint density at radius 1 is 1.40 bits per heavy atom. The maximum atomic E-state index is 11.5. The first kappa shape index (κ1) is 14.3. The van der Waals surface area contributed by atoms with Crippen LogP contribution in [-0.4, -0.2) is 18.1 Å². The van der Waals surface area contributed by atoms with Gasteiger partial charge in [-0.25, -0.2) is 9.78 Å². The average Bonchev–Trinajstić information content (AvgIpc) is 2.93. The minimum Gasteiger partial charge on any atom is -0.465 e. The number of hydrogen-bond donors (Lipinski definition) is 2. The van der Waals surface area contributed by atoms with Gasteiger partial charge in [-0.2, -0.15) is 0 Å². The summed E-state index contributed by atoms with van der Waals surface area (Å²) in [6.45, 7) is 2.76. The van der Waals surface area contributed by atoms with Crippen LogP contribution >= 0.6 is 11.3 Å². The highest BCUT2D eigenvalue weighted by Crippen LogP contribution is 2.23. The Bertz CT molecular complexity index is 610. The van der Waals surface area contributed by atoms with Crippen molar-refractivity contribution in [2.24, 2.45) is 0 Å². The zero-order valence-electron chi connectivity index (χ0n) is 11.5. The molecule has 0 bridgehead atoms. The normalized spacial score (nSPS) is 10.3. The molecule has 0 saturated heterocycles. The number of aryl methyl sites for hydroxylation is 1. The first-order valence-corrected chi connectivity index (χ1v) is 7.11. The number of nitrogens with zero attached hydrogens (tertiary/aromatic N) is 1. The topological polar surface area (TPSA) is 77.2 Å². The average molecular weight is 291 g/mol. The molecule has 6 heteroatoms. The molecule has 3 N–H and O–H groups in total. The van der Waals surface area contributed by atoms with Crippen LogP contribution in [0.15, 0.2) is 24.4 Å². The number of methoxy groups -OCH3 is 1. The van der Waals surface area contributed by atoms with Gasteiger partial charge in [-0.3, -0.25) is 0 Å². The Hall–Kier alpha value is -2.08. The number of nitrogens with two attached hydrogens (primary N) is 1. The van der Waals surface area contributed by atoms with E-state index in [0.717, 1.165) is 6.42 Å². The lowest BCUT2D eigenvalue weighted by Crippen LogP contribution is -2.10. The van der Waals surface area contributed by atoms with Gasteiger partial charge in [0.05, 0.1) is 24.9 Å². The molecular weight excluding hydrogens is 274 g/mol. The van der Waals surface area contributed by atoms with Gasteiger partial charge in [0.1, 0.15) is 5.82 Å². The Labute approximate surface area is 121 Å². The number of pyridine rings is 1. The molecule has 0 aliphatic heterocycles. The van der Waals surface area contributed by atoms with Gasteiger partial charge in [0.15, 0.2) is 0 Å². The van der Waals surface area contributed by atoms with Gasteiger partial charge in [-0.15, -0.1) is 11.3 Å². The highest BCUT2D eigenvalue weighted by Gasteiger charge is 2.13. The number of nitrogen functional groups attached to an aromatic ring is 1. The van der Waals surface area contributed by atoms with Gasteiger partial charge in [-0.1, -0.05) is 6.92 Å². The maximum Gasteiger partial charge on any atom is 0.340 e. The van der Waals surface area contributed by atoms with Gasteiger partial charge in [0.2, 0.25) is 0 Å². The van der Waals surface area contributed by atoms with Crippen LogP contribution in [0.25, 0.3) is 0 Å². The quantitative estimate of drug-likeness (QED) is 0.828. The predicted molar refractivity (Wildman–Crippen MR) is 81.0 cm³/mol. The second kappa shape index (κ2) is 6.38. The Morgan fingerprint density at radius 3 is 2.80 bits per heavy atom. The van der Waals surface area contributed by atoms with E-state index in [1.165, 1.54) is 23.1 Å². The number of carbonyl (C=O) groups excluding carboxylic acids is 1. The molecule has 2 aromatic rings. The van der Waals surface area contributed by atoms with Crippen LogP contribution in [-0.2, 0) is 17.7 Å². The number of esters is 1. The Kier molecular flexibility index (Phi) is 4.57. The molecule has 2 heterocycles. The molecule has 0 unspecified atom stereocenters. The summed E-state index contributed by atoms with van der Waals surface area (Å²) >= 11 is 1.75. The summed E-state index contributed by atoms with van der Waals surface area (Å²) in [6.07, 6.45) is 2.57. The summed E-state index contributed by atoms with van der Waals surface area (Å²) in [5.41, 5.74) is 6.57. The van der Waals surface area contributed by atoms with E-state index in [1.807, 2.05) is 0 Å². The first-order valence-electron chi connectivity index (χ1n) is 6.30. The lowest BCUT2D eigenvalue weighted by Gasteiger charge is -2.10. The van der Waals surface area contributed by atoms with E-state index < -0.39 is 5.97 Å². The third kappa shape index (κ3) is 3.08. The van der Waals surface area contributed by atoms with Crippen molar-refractivity contribution in [3.05, 3.63) is 39.7 Å². The van der Waals surface area contributed by atoms with E-state index in [1.54, 1.807) is 17.4 Å². The fourth-order valence-electron chi connectivity index (χ4n) is 1.78. The summed E-state index contributed by atoms with van der Waals surface area (Å²) in [4.78, 5) is 18.2. The smallest absolute Gasteiger partial charge is 0.340 e. The van der Waals surface area contributed by atoms with Crippen LogP contribution in [0.1, 0.15) is 27.0 Å². The molecule has 0 aliphatic carbocycles. The number of nitrogens with one attached hydrogen (secondary N) is 1. The molecule has 2 aromatic heterocycles. The van der Waals surface area contributed by atoms with Crippen LogP contribution in [0.2, 0.25) is 0 Å². The first-order chi connectivity index (χ1) is 9.65. The fraction of sp³-hybridized carbons (Fsp3) is 0.286. The van der Waals surface area contributed by atoms with E-state index in [4.69, 9.17) is 5.73 Å². The van der Waals surface area contributed by atoms with E-state index in [2.05, 4.69) is 34.1 Å². The molecule has 0 spiro atoms. The molecule has 2 rings (SSSR count). The molecule has 20 heavy (non-hydrogen) atoms. The number of carbonyl (C=O) groups is 1. The molecule has 0 aliphatic rings. The maximum absolute atomic E-state index is 11.5. The minimum absolute atomic E-state index is 0.312. The van der Waals surface area contributed by atoms with Gasteiger partial charge in [-0.05, 0) is 24.6 Å². The van der Waals surface area contributed by atoms with Crippen molar-refractivity contribution in [1.29, 1.82) is 0 Å². The largest absolute Gasteiger partial charge is 0.465 e. The van der Waals surface area contributed by atoms with Crippen molar-refractivity contribution in [2.75, 3.05) is 18.2 Å². The SMILES string of the molecule is CCc1ccc(CNc2nccc(C(=O)OC)c2N)s1. The van der Waals surface area contributed by atoms with Gasteiger partial charge in [0.25, 0.3) is 0 Å². The van der Waals surface area contributed by atoms with E-state index >= 15 is 0 Å².